The molecule has 17 heavy (non-hydrogen) atoms. The highest BCUT2D eigenvalue weighted by atomic mass is 16.1. The van der Waals surface area contributed by atoms with Crippen LogP contribution in [0.25, 0.3) is 0 Å². The topological polar surface area (TPSA) is 17.1 Å². The molecule has 0 heterocycles. The van der Waals surface area contributed by atoms with Crippen LogP contribution in [0.1, 0.15) is 85.0 Å². The van der Waals surface area contributed by atoms with Gasteiger partial charge in [-0.25, -0.2) is 0 Å². The number of carbonyl (C=O) groups excluding carboxylic acids is 1. The van der Waals surface area contributed by atoms with Crippen LogP contribution in [-0.4, -0.2) is 5.78 Å². The molecule has 0 saturated carbocycles. The summed E-state index contributed by atoms with van der Waals surface area (Å²) < 4.78 is 0. The van der Waals surface area contributed by atoms with Crippen LogP contribution in [0.15, 0.2) is 11.6 Å². The summed E-state index contributed by atoms with van der Waals surface area (Å²) >= 11 is 0. The third-order valence-electron chi connectivity index (χ3n) is 3.11. The normalized spacial score (nSPS) is 11.8. The Hall–Kier alpha value is -0.590. The molecule has 0 spiro atoms. The van der Waals surface area contributed by atoms with Crippen LogP contribution in [0, 0.1) is 0 Å². The van der Waals surface area contributed by atoms with Crippen LogP contribution < -0.4 is 0 Å². The molecule has 0 radical (unpaired) electrons. The fraction of sp³-hybridized carbons (Fsp3) is 0.812. The Balaban J connectivity index is 3.52. The highest BCUT2D eigenvalue weighted by molar-refractivity contribution is 5.90. The molecular weight excluding hydrogens is 208 g/mol. The van der Waals surface area contributed by atoms with Gasteiger partial charge in [0.25, 0.3) is 0 Å². The summed E-state index contributed by atoms with van der Waals surface area (Å²) in [4.78, 5) is 11.5. The minimum Gasteiger partial charge on any atom is -0.295 e. The molecule has 0 aromatic carbocycles. The second kappa shape index (κ2) is 11.9. The first-order valence-electron chi connectivity index (χ1n) is 7.40. The van der Waals surface area contributed by atoms with E-state index in [0.29, 0.717) is 5.78 Å². The van der Waals surface area contributed by atoms with E-state index in [-0.39, 0.29) is 0 Å². The average Bonchev–Trinajstić information content (AvgIpc) is 2.31. The molecule has 0 aromatic heterocycles. The van der Waals surface area contributed by atoms with Crippen molar-refractivity contribution in [2.45, 2.75) is 85.0 Å². The molecule has 0 aliphatic rings. The summed E-state index contributed by atoms with van der Waals surface area (Å²) in [5.74, 6) is 0.315. The number of ketones is 1. The maximum Gasteiger partial charge on any atom is 0.155 e. The maximum absolute atomic E-state index is 11.5. The maximum atomic E-state index is 11.5. The molecule has 0 aliphatic heterocycles. The van der Waals surface area contributed by atoms with Gasteiger partial charge >= 0.3 is 0 Å². The van der Waals surface area contributed by atoms with Crippen LogP contribution in [-0.2, 0) is 4.79 Å². The second-order valence-corrected chi connectivity index (χ2v) is 5.08. The lowest BCUT2D eigenvalue weighted by molar-refractivity contribution is -0.114. The SMILES string of the molecule is CCCCCCCCC(C)=CC(=O)CCCC. The third-order valence-corrected chi connectivity index (χ3v) is 3.11. The van der Waals surface area contributed by atoms with E-state index in [0.717, 1.165) is 25.7 Å². The van der Waals surface area contributed by atoms with Crippen molar-refractivity contribution in [2.24, 2.45) is 0 Å². The summed E-state index contributed by atoms with van der Waals surface area (Å²) in [5, 5.41) is 0. The molecule has 0 saturated heterocycles. The molecule has 100 valence electrons. The molecule has 0 unspecified atom stereocenters. The molecule has 1 nitrogen and oxygen atoms in total. The Labute approximate surface area is 108 Å². The number of hydrogen-bond acceptors (Lipinski definition) is 1. The first kappa shape index (κ1) is 16.4. The predicted molar refractivity (Wildman–Crippen MR) is 76.3 cm³/mol. The van der Waals surface area contributed by atoms with Crippen molar-refractivity contribution in [3.8, 4) is 0 Å². The van der Waals surface area contributed by atoms with Crippen LogP contribution in [0.5, 0.6) is 0 Å². The Bertz CT molecular complexity index is 216. The van der Waals surface area contributed by atoms with Gasteiger partial charge in [0.15, 0.2) is 5.78 Å². The molecule has 0 fully saturated rings. The predicted octanol–water partition coefficient (Wildman–Crippen LogP) is 5.44. The number of unbranched alkanes of at least 4 members (excludes halogenated alkanes) is 6. The molecule has 0 amide bonds. The van der Waals surface area contributed by atoms with Gasteiger partial charge in [0.2, 0.25) is 0 Å². The molecule has 0 aromatic rings. The highest BCUT2D eigenvalue weighted by Gasteiger charge is 1.98. The summed E-state index contributed by atoms with van der Waals surface area (Å²) in [6.07, 6.45) is 13.8. The Morgan fingerprint density at radius 3 is 2.06 bits per heavy atom. The lowest BCUT2D eigenvalue weighted by atomic mass is 10.0. The van der Waals surface area contributed by atoms with E-state index in [1.54, 1.807) is 0 Å². The van der Waals surface area contributed by atoms with Crippen molar-refractivity contribution in [2.75, 3.05) is 0 Å². The lowest BCUT2D eigenvalue weighted by Gasteiger charge is -2.02. The largest absolute Gasteiger partial charge is 0.295 e. The number of carbonyl (C=O) groups is 1. The Morgan fingerprint density at radius 1 is 0.824 bits per heavy atom. The second-order valence-electron chi connectivity index (χ2n) is 5.08. The van der Waals surface area contributed by atoms with Gasteiger partial charge in [0.1, 0.15) is 0 Å². The van der Waals surface area contributed by atoms with Crippen LogP contribution >= 0.6 is 0 Å². The number of rotatable bonds is 11. The van der Waals surface area contributed by atoms with Gasteiger partial charge in [-0.15, -0.1) is 0 Å². The minimum absolute atomic E-state index is 0.315. The molecule has 0 aliphatic carbocycles. The molecule has 0 bridgehead atoms. The van der Waals surface area contributed by atoms with Gasteiger partial charge < -0.3 is 0 Å². The van der Waals surface area contributed by atoms with Gasteiger partial charge in [-0.2, -0.15) is 0 Å². The third kappa shape index (κ3) is 11.7. The summed E-state index contributed by atoms with van der Waals surface area (Å²) in [7, 11) is 0. The van der Waals surface area contributed by atoms with Crippen molar-refractivity contribution in [1.29, 1.82) is 0 Å². The quantitative estimate of drug-likeness (QED) is 0.346. The lowest BCUT2D eigenvalue weighted by Crippen LogP contribution is -1.94. The average molecular weight is 238 g/mol. The standard InChI is InChI=1S/C16H30O/c1-4-6-8-9-10-11-12-15(3)14-16(17)13-7-5-2/h14H,4-13H2,1-3H3. The zero-order valence-electron chi connectivity index (χ0n) is 12.1. The number of allylic oxidation sites excluding steroid dienone is 2. The molecule has 0 N–H and O–H groups in total. The molecular formula is C16H30O. The van der Waals surface area contributed by atoms with Gasteiger partial charge in [-0.1, -0.05) is 57.9 Å². The Kier molecular flexibility index (Phi) is 11.5. The van der Waals surface area contributed by atoms with E-state index in [1.807, 2.05) is 6.08 Å². The van der Waals surface area contributed by atoms with E-state index in [1.165, 1.54) is 44.1 Å². The zero-order chi connectivity index (χ0) is 12.9. The van der Waals surface area contributed by atoms with Gasteiger partial charge in [-0.3, -0.25) is 4.79 Å². The molecule has 0 rings (SSSR count). The molecule has 0 atom stereocenters. The smallest absolute Gasteiger partial charge is 0.155 e. The molecule has 1 heteroatoms. The zero-order valence-corrected chi connectivity index (χ0v) is 12.1. The van der Waals surface area contributed by atoms with Crippen LogP contribution in [0.2, 0.25) is 0 Å². The van der Waals surface area contributed by atoms with Gasteiger partial charge in [-0.05, 0) is 32.3 Å². The van der Waals surface area contributed by atoms with E-state index in [4.69, 9.17) is 0 Å². The van der Waals surface area contributed by atoms with Crippen molar-refractivity contribution in [3.63, 3.8) is 0 Å². The van der Waals surface area contributed by atoms with Crippen LogP contribution in [0.4, 0.5) is 0 Å². The fourth-order valence-corrected chi connectivity index (χ4v) is 1.95. The Morgan fingerprint density at radius 2 is 1.41 bits per heavy atom. The van der Waals surface area contributed by atoms with E-state index >= 15 is 0 Å². The monoisotopic (exact) mass is 238 g/mol. The highest BCUT2D eigenvalue weighted by Crippen LogP contribution is 2.12. The van der Waals surface area contributed by atoms with E-state index < -0.39 is 0 Å². The van der Waals surface area contributed by atoms with Gasteiger partial charge in [0, 0.05) is 6.42 Å². The summed E-state index contributed by atoms with van der Waals surface area (Å²) in [5.41, 5.74) is 1.27. The first-order valence-corrected chi connectivity index (χ1v) is 7.40. The number of hydrogen-bond donors (Lipinski definition) is 0. The van der Waals surface area contributed by atoms with Crippen molar-refractivity contribution < 1.29 is 4.79 Å². The van der Waals surface area contributed by atoms with Crippen molar-refractivity contribution in [3.05, 3.63) is 11.6 Å². The van der Waals surface area contributed by atoms with Crippen molar-refractivity contribution >= 4 is 5.78 Å². The van der Waals surface area contributed by atoms with Crippen molar-refractivity contribution in [1.82, 2.24) is 0 Å². The fourth-order valence-electron chi connectivity index (χ4n) is 1.95. The summed E-state index contributed by atoms with van der Waals surface area (Å²) in [6, 6.07) is 0. The van der Waals surface area contributed by atoms with E-state index in [2.05, 4.69) is 20.8 Å². The minimum atomic E-state index is 0.315. The van der Waals surface area contributed by atoms with E-state index in [9.17, 15) is 4.79 Å². The van der Waals surface area contributed by atoms with Gasteiger partial charge in [0.05, 0.1) is 0 Å². The van der Waals surface area contributed by atoms with Crippen LogP contribution in [0.3, 0.4) is 0 Å². The first-order chi connectivity index (χ1) is 8.20. The summed E-state index contributed by atoms with van der Waals surface area (Å²) in [6.45, 7) is 6.46.